The maximum atomic E-state index is 12.2. The number of hydrogen-bond acceptors (Lipinski definition) is 4. The minimum Gasteiger partial charge on any atom is -0.462 e. The number of rotatable bonds is 3. The lowest BCUT2D eigenvalue weighted by molar-refractivity contribution is -0.150. The van der Waals surface area contributed by atoms with Crippen LogP contribution in [0.1, 0.15) is 44.9 Å². The topological polar surface area (TPSA) is 55.4 Å². The summed E-state index contributed by atoms with van der Waals surface area (Å²) in [6.45, 7) is 0. The number of fused-ring (bicyclic) bond motifs is 1. The molecule has 0 unspecified atom stereocenters. The van der Waals surface area contributed by atoms with E-state index in [1.165, 1.54) is 24.6 Å². The minimum atomic E-state index is -0.443. The van der Waals surface area contributed by atoms with E-state index in [1.807, 2.05) is 6.07 Å². The zero-order valence-electron chi connectivity index (χ0n) is 12.8. The number of ether oxygens (including phenoxy) is 1. The maximum Gasteiger partial charge on any atom is 0.307 e. The molecule has 0 saturated heterocycles. The molecule has 1 amide bonds. The van der Waals surface area contributed by atoms with E-state index in [1.54, 1.807) is 12.1 Å². The van der Waals surface area contributed by atoms with Gasteiger partial charge in [0.05, 0.1) is 17.4 Å². The molecule has 1 aliphatic heterocycles. The van der Waals surface area contributed by atoms with Gasteiger partial charge in [-0.2, -0.15) is 0 Å². The molecule has 1 atom stereocenters. The Morgan fingerprint density at radius 1 is 1.26 bits per heavy atom. The second-order valence-corrected chi connectivity index (χ2v) is 7.72. The normalized spacial score (nSPS) is 22.0. The Kier molecular flexibility index (Phi) is 5.49. The SMILES string of the molecule is O=C(C[C@@H]1Sc2ccc(Cl)cc2NC1=O)OC1CCCCCC1. The van der Waals surface area contributed by atoms with Crippen molar-refractivity contribution in [3.8, 4) is 0 Å². The van der Waals surface area contributed by atoms with Crippen molar-refractivity contribution in [3.63, 3.8) is 0 Å². The van der Waals surface area contributed by atoms with Crippen LogP contribution in [-0.2, 0) is 14.3 Å². The van der Waals surface area contributed by atoms with Crippen molar-refractivity contribution in [3.05, 3.63) is 23.2 Å². The minimum absolute atomic E-state index is 0.0211. The summed E-state index contributed by atoms with van der Waals surface area (Å²) in [5.74, 6) is -0.440. The number of hydrogen-bond donors (Lipinski definition) is 1. The molecule has 6 heteroatoms. The lowest BCUT2D eigenvalue weighted by Crippen LogP contribution is -2.32. The van der Waals surface area contributed by atoms with Crippen LogP contribution in [0.5, 0.6) is 0 Å². The highest BCUT2D eigenvalue weighted by Crippen LogP contribution is 2.38. The molecule has 0 spiro atoms. The number of halogens is 1. The summed E-state index contributed by atoms with van der Waals surface area (Å²) in [4.78, 5) is 25.3. The van der Waals surface area contributed by atoms with Crippen molar-refractivity contribution >= 4 is 40.9 Å². The second-order valence-electron chi connectivity index (χ2n) is 6.04. The number of carbonyl (C=O) groups is 2. The molecule has 1 saturated carbocycles. The number of thioether (sulfide) groups is 1. The summed E-state index contributed by atoms with van der Waals surface area (Å²) < 4.78 is 5.58. The van der Waals surface area contributed by atoms with Crippen LogP contribution in [0.25, 0.3) is 0 Å². The number of esters is 1. The Hall–Kier alpha value is -1.20. The van der Waals surface area contributed by atoms with E-state index in [0.29, 0.717) is 10.7 Å². The summed E-state index contributed by atoms with van der Waals surface area (Å²) in [6, 6.07) is 5.37. The molecule has 1 heterocycles. The third-order valence-electron chi connectivity index (χ3n) is 4.21. The van der Waals surface area contributed by atoms with Gasteiger partial charge >= 0.3 is 5.97 Å². The van der Waals surface area contributed by atoms with Crippen LogP contribution in [0.3, 0.4) is 0 Å². The molecule has 1 aromatic rings. The predicted octanol–water partition coefficient (Wildman–Crippen LogP) is 4.41. The van der Waals surface area contributed by atoms with E-state index < -0.39 is 5.25 Å². The quantitative estimate of drug-likeness (QED) is 0.646. The summed E-state index contributed by atoms with van der Waals surface area (Å²) in [5.41, 5.74) is 0.709. The highest BCUT2D eigenvalue weighted by molar-refractivity contribution is 8.01. The molecule has 3 rings (SSSR count). The van der Waals surface area contributed by atoms with E-state index in [0.717, 1.165) is 30.6 Å². The van der Waals surface area contributed by atoms with Gasteiger partial charge in [-0.1, -0.05) is 24.4 Å². The molecule has 1 aromatic carbocycles. The molecule has 1 N–H and O–H groups in total. The van der Waals surface area contributed by atoms with Crippen LogP contribution in [-0.4, -0.2) is 23.2 Å². The fourth-order valence-corrected chi connectivity index (χ4v) is 4.25. The van der Waals surface area contributed by atoms with E-state index in [-0.39, 0.29) is 24.4 Å². The fraction of sp³-hybridized carbons (Fsp3) is 0.529. The van der Waals surface area contributed by atoms with Crippen LogP contribution < -0.4 is 5.32 Å². The Balaban J connectivity index is 1.58. The van der Waals surface area contributed by atoms with Crippen molar-refractivity contribution in [2.75, 3.05) is 5.32 Å². The molecule has 23 heavy (non-hydrogen) atoms. The van der Waals surface area contributed by atoms with Crippen LogP contribution in [0.4, 0.5) is 5.69 Å². The van der Waals surface area contributed by atoms with Crippen molar-refractivity contribution in [1.29, 1.82) is 0 Å². The fourth-order valence-electron chi connectivity index (χ4n) is 3.00. The zero-order valence-corrected chi connectivity index (χ0v) is 14.4. The number of nitrogens with one attached hydrogen (secondary N) is 1. The Morgan fingerprint density at radius 3 is 2.74 bits per heavy atom. The van der Waals surface area contributed by atoms with Crippen molar-refractivity contribution in [1.82, 2.24) is 0 Å². The third-order valence-corrected chi connectivity index (χ3v) is 5.72. The Morgan fingerprint density at radius 2 is 2.00 bits per heavy atom. The van der Waals surface area contributed by atoms with Gasteiger partial charge in [0.25, 0.3) is 0 Å². The number of amides is 1. The number of benzene rings is 1. The Bertz CT molecular complexity index is 600. The van der Waals surface area contributed by atoms with Crippen molar-refractivity contribution in [2.45, 2.75) is 61.2 Å². The van der Waals surface area contributed by atoms with Gasteiger partial charge in [0.15, 0.2) is 0 Å². The standard InChI is InChI=1S/C17H20ClNO3S/c18-11-7-8-14-13(9-11)19-17(21)15(23-14)10-16(20)22-12-5-3-1-2-4-6-12/h7-9,12,15H,1-6,10H2,(H,19,21)/t15-/m0/s1. The zero-order chi connectivity index (χ0) is 16.2. The first-order valence-corrected chi connectivity index (χ1v) is 9.34. The average molecular weight is 354 g/mol. The second kappa shape index (κ2) is 7.58. The van der Waals surface area contributed by atoms with Crippen molar-refractivity contribution in [2.24, 2.45) is 0 Å². The van der Waals surface area contributed by atoms with Gasteiger partial charge in [0, 0.05) is 9.92 Å². The van der Waals surface area contributed by atoms with Gasteiger partial charge in [0.1, 0.15) is 6.10 Å². The molecule has 4 nitrogen and oxygen atoms in total. The summed E-state index contributed by atoms with van der Waals surface area (Å²) >= 11 is 7.33. The number of carbonyl (C=O) groups excluding carboxylic acids is 2. The molecule has 124 valence electrons. The molecular formula is C17H20ClNO3S. The third kappa shape index (κ3) is 4.42. The first kappa shape index (κ1) is 16.7. The Labute approximate surface area is 145 Å². The first-order chi connectivity index (χ1) is 11.1. The molecule has 2 aliphatic rings. The van der Waals surface area contributed by atoms with Gasteiger partial charge in [-0.15, -0.1) is 11.8 Å². The highest BCUT2D eigenvalue weighted by atomic mass is 35.5. The molecule has 1 aliphatic carbocycles. The maximum absolute atomic E-state index is 12.2. The highest BCUT2D eigenvalue weighted by Gasteiger charge is 2.30. The van der Waals surface area contributed by atoms with Gasteiger partial charge in [-0.25, -0.2) is 0 Å². The van der Waals surface area contributed by atoms with Crippen LogP contribution in [0.15, 0.2) is 23.1 Å². The summed E-state index contributed by atoms with van der Waals surface area (Å²) in [5, 5.41) is 2.95. The molecule has 0 aromatic heterocycles. The van der Waals surface area contributed by atoms with E-state index in [4.69, 9.17) is 16.3 Å². The summed E-state index contributed by atoms with van der Waals surface area (Å²) in [7, 11) is 0. The summed E-state index contributed by atoms with van der Waals surface area (Å²) in [6.07, 6.45) is 6.68. The van der Waals surface area contributed by atoms with Crippen LogP contribution >= 0.6 is 23.4 Å². The van der Waals surface area contributed by atoms with Crippen LogP contribution in [0, 0.1) is 0 Å². The molecular weight excluding hydrogens is 334 g/mol. The van der Waals surface area contributed by atoms with Gasteiger partial charge in [-0.05, 0) is 43.9 Å². The largest absolute Gasteiger partial charge is 0.462 e. The van der Waals surface area contributed by atoms with Gasteiger partial charge < -0.3 is 10.1 Å². The monoisotopic (exact) mass is 353 g/mol. The lowest BCUT2D eigenvalue weighted by atomic mass is 10.1. The lowest BCUT2D eigenvalue weighted by Gasteiger charge is -2.24. The smallest absolute Gasteiger partial charge is 0.307 e. The van der Waals surface area contributed by atoms with E-state index in [2.05, 4.69) is 5.32 Å². The molecule has 0 bridgehead atoms. The van der Waals surface area contributed by atoms with Crippen LogP contribution in [0.2, 0.25) is 5.02 Å². The molecule has 1 fully saturated rings. The average Bonchev–Trinajstić information content (AvgIpc) is 2.77. The first-order valence-electron chi connectivity index (χ1n) is 8.08. The van der Waals surface area contributed by atoms with Crippen molar-refractivity contribution < 1.29 is 14.3 Å². The predicted molar refractivity (Wildman–Crippen MR) is 91.9 cm³/mol. The van der Waals surface area contributed by atoms with Gasteiger partial charge in [-0.3, -0.25) is 9.59 Å². The van der Waals surface area contributed by atoms with E-state index >= 15 is 0 Å². The molecule has 0 radical (unpaired) electrons. The van der Waals surface area contributed by atoms with E-state index in [9.17, 15) is 9.59 Å². The van der Waals surface area contributed by atoms with Gasteiger partial charge in [0.2, 0.25) is 5.91 Å². The number of anilines is 1.